The van der Waals surface area contributed by atoms with Gasteiger partial charge in [-0.25, -0.2) is 9.18 Å². The van der Waals surface area contributed by atoms with Crippen LogP contribution >= 0.6 is 0 Å². The molecule has 1 aromatic carbocycles. The Labute approximate surface area is 199 Å². The lowest BCUT2D eigenvalue weighted by molar-refractivity contribution is 0.0187. The molecule has 0 aliphatic carbocycles. The number of carbonyl (C=O) groups excluding carboxylic acids is 3. The number of benzene rings is 1. The van der Waals surface area contributed by atoms with Gasteiger partial charge in [0, 0.05) is 44.0 Å². The van der Waals surface area contributed by atoms with E-state index in [9.17, 15) is 18.8 Å². The predicted octanol–water partition coefficient (Wildman–Crippen LogP) is 3.67. The summed E-state index contributed by atoms with van der Waals surface area (Å²) in [5.41, 5.74) is 0.709. The monoisotopic (exact) mass is 472 g/mol. The van der Waals surface area contributed by atoms with Gasteiger partial charge in [0.05, 0.1) is 0 Å². The Hall–Kier alpha value is -3.36. The normalized spacial score (nSPS) is 14.6. The van der Waals surface area contributed by atoms with Gasteiger partial charge >= 0.3 is 6.09 Å². The number of amides is 3. The minimum absolute atomic E-state index is 0.102. The zero-order chi connectivity index (χ0) is 24.9. The summed E-state index contributed by atoms with van der Waals surface area (Å²) >= 11 is 0. The summed E-state index contributed by atoms with van der Waals surface area (Å²) in [6.45, 7) is 8.74. The molecule has 0 unspecified atom stereocenters. The van der Waals surface area contributed by atoms with Crippen molar-refractivity contribution in [3.05, 3.63) is 59.2 Å². The Balaban J connectivity index is 1.47. The van der Waals surface area contributed by atoms with Crippen molar-refractivity contribution in [1.82, 2.24) is 20.1 Å². The molecular formula is C25H33FN4O4. The number of aromatic nitrogens is 1. The maximum absolute atomic E-state index is 13.6. The summed E-state index contributed by atoms with van der Waals surface area (Å²) in [4.78, 5) is 38.9. The molecule has 1 aromatic heterocycles. The number of nitrogens with one attached hydrogen (secondary N) is 2. The van der Waals surface area contributed by atoms with Gasteiger partial charge in [-0.1, -0.05) is 6.07 Å². The van der Waals surface area contributed by atoms with Crippen molar-refractivity contribution in [3.8, 4) is 0 Å². The summed E-state index contributed by atoms with van der Waals surface area (Å²) in [6, 6.07) is 7.99. The first kappa shape index (κ1) is 25.3. The van der Waals surface area contributed by atoms with E-state index in [1.807, 2.05) is 37.6 Å². The van der Waals surface area contributed by atoms with Crippen molar-refractivity contribution >= 4 is 17.9 Å². The molecule has 0 bridgehead atoms. The van der Waals surface area contributed by atoms with Gasteiger partial charge < -0.3 is 24.8 Å². The predicted molar refractivity (Wildman–Crippen MR) is 126 cm³/mol. The number of halogens is 1. The lowest BCUT2D eigenvalue weighted by Gasteiger charge is -2.34. The largest absolute Gasteiger partial charge is 0.444 e. The molecule has 0 atom stereocenters. The first-order valence-corrected chi connectivity index (χ1v) is 11.5. The summed E-state index contributed by atoms with van der Waals surface area (Å²) in [7, 11) is 0. The van der Waals surface area contributed by atoms with E-state index in [1.165, 1.54) is 6.07 Å². The average molecular weight is 473 g/mol. The second-order valence-corrected chi connectivity index (χ2v) is 9.48. The molecule has 3 rings (SSSR count). The Bertz CT molecular complexity index is 1040. The van der Waals surface area contributed by atoms with E-state index < -0.39 is 17.3 Å². The number of aryl methyl sites for hydroxylation is 1. The molecule has 34 heavy (non-hydrogen) atoms. The Morgan fingerprint density at radius 2 is 1.71 bits per heavy atom. The van der Waals surface area contributed by atoms with Gasteiger partial charge in [-0.3, -0.25) is 9.59 Å². The van der Waals surface area contributed by atoms with E-state index in [1.54, 1.807) is 30.0 Å². The molecule has 8 nitrogen and oxygen atoms in total. The highest BCUT2D eigenvalue weighted by molar-refractivity contribution is 5.94. The van der Waals surface area contributed by atoms with Crippen molar-refractivity contribution in [2.24, 2.45) is 0 Å². The summed E-state index contributed by atoms with van der Waals surface area (Å²) in [5.74, 6) is -1.07. The zero-order valence-electron chi connectivity index (χ0n) is 20.2. The average Bonchev–Trinajstić information content (AvgIpc) is 3.27. The summed E-state index contributed by atoms with van der Waals surface area (Å²) < 4.78 is 21.0. The van der Waals surface area contributed by atoms with Crippen molar-refractivity contribution < 1.29 is 23.5 Å². The van der Waals surface area contributed by atoms with Crippen LogP contribution in [0.2, 0.25) is 0 Å². The molecule has 1 saturated heterocycles. The molecule has 1 aliphatic rings. The highest BCUT2D eigenvalue weighted by atomic mass is 19.1. The molecule has 0 radical (unpaired) electrons. The van der Waals surface area contributed by atoms with Crippen LogP contribution in [-0.4, -0.2) is 59.2 Å². The van der Waals surface area contributed by atoms with Gasteiger partial charge in [0.15, 0.2) is 0 Å². The van der Waals surface area contributed by atoms with Crippen LogP contribution in [0.4, 0.5) is 9.18 Å². The first-order valence-electron chi connectivity index (χ1n) is 11.5. The number of likely N-dealkylation sites (tertiary alicyclic amines) is 1. The van der Waals surface area contributed by atoms with E-state index >= 15 is 0 Å². The number of hydrogen-bond donors (Lipinski definition) is 2. The second-order valence-electron chi connectivity index (χ2n) is 9.48. The molecule has 0 spiro atoms. The molecule has 2 heterocycles. The standard InChI is InChI=1S/C25H33FN4O4/c1-17-7-8-18(16-20(17)26)22(31)27-11-12-28-23(32)21-6-5-13-30(21)19-9-14-29(15-10-19)24(33)34-25(2,3)4/h5-8,13,16,19H,9-12,14-15H2,1-4H3,(H,27,31)(H,28,32). The van der Waals surface area contributed by atoms with Gasteiger partial charge in [-0.15, -0.1) is 0 Å². The number of ether oxygens (including phenoxy) is 1. The van der Waals surface area contributed by atoms with E-state index in [0.29, 0.717) is 24.3 Å². The van der Waals surface area contributed by atoms with Crippen LogP contribution in [-0.2, 0) is 4.74 Å². The molecule has 184 valence electrons. The third kappa shape index (κ3) is 6.59. The quantitative estimate of drug-likeness (QED) is 0.628. The first-order chi connectivity index (χ1) is 16.0. The fourth-order valence-corrected chi connectivity index (χ4v) is 3.84. The van der Waals surface area contributed by atoms with Crippen LogP contribution in [0, 0.1) is 12.7 Å². The molecule has 2 N–H and O–H groups in total. The Morgan fingerprint density at radius 1 is 1.06 bits per heavy atom. The minimum atomic E-state index is -0.532. The number of nitrogens with zero attached hydrogens (tertiary/aromatic N) is 2. The Morgan fingerprint density at radius 3 is 2.32 bits per heavy atom. The zero-order valence-corrected chi connectivity index (χ0v) is 20.2. The summed E-state index contributed by atoms with van der Waals surface area (Å²) in [5, 5.41) is 5.49. The van der Waals surface area contributed by atoms with Crippen LogP contribution < -0.4 is 10.6 Å². The maximum Gasteiger partial charge on any atom is 0.410 e. The van der Waals surface area contributed by atoms with Gasteiger partial charge in [0.2, 0.25) is 0 Å². The van der Waals surface area contributed by atoms with Crippen LogP contribution in [0.3, 0.4) is 0 Å². The van der Waals surface area contributed by atoms with Crippen LogP contribution in [0.5, 0.6) is 0 Å². The maximum atomic E-state index is 13.6. The topological polar surface area (TPSA) is 92.7 Å². The fourth-order valence-electron chi connectivity index (χ4n) is 3.84. The fraction of sp³-hybridized carbons (Fsp3) is 0.480. The number of carbonyl (C=O) groups is 3. The number of piperidine rings is 1. The Kier molecular flexibility index (Phi) is 7.96. The lowest BCUT2D eigenvalue weighted by Crippen LogP contribution is -2.42. The SMILES string of the molecule is Cc1ccc(C(=O)NCCNC(=O)c2cccn2C2CCN(C(=O)OC(C)(C)C)CC2)cc1F. The van der Waals surface area contributed by atoms with E-state index in [-0.39, 0.29) is 36.7 Å². The van der Waals surface area contributed by atoms with Gasteiger partial charge in [-0.2, -0.15) is 0 Å². The van der Waals surface area contributed by atoms with E-state index in [4.69, 9.17) is 4.74 Å². The summed E-state index contributed by atoms with van der Waals surface area (Å²) in [6.07, 6.45) is 3.00. The van der Waals surface area contributed by atoms with Crippen molar-refractivity contribution in [2.75, 3.05) is 26.2 Å². The number of rotatable bonds is 6. The molecular weight excluding hydrogens is 439 g/mol. The third-order valence-electron chi connectivity index (χ3n) is 5.65. The molecule has 2 aromatic rings. The van der Waals surface area contributed by atoms with Gasteiger partial charge in [-0.05, 0) is 70.4 Å². The van der Waals surface area contributed by atoms with E-state index in [0.717, 1.165) is 12.8 Å². The minimum Gasteiger partial charge on any atom is -0.444 e. The molecule has 3 amide bonds. The van der Waals surface area contributed by atoms with E-state index in [2.05, 4.69) is 10.6 Å². The van der Waals surface area contributed by atoms with Gasteiger partial charge in [0.25, 0.3) is 11.8 Å². The van der Waals surface area contributed by atoms with Crippen molar-refractivity contribution in [2.45, 2.75) is 52.2 Å². The number of hydrogen-bond acceptors (Lipinski definition) is 4. The second kappa shape index (κ2) is 10.7. The smallest absolute Gasteiger partial charge is 0.410 e. The van der Waals surface area contributed by atoms with Crippen molar-refractivity contribution in [3.63, 3.8) is 0 Å². The molecule has 9 heteroatoms. The van der Waals surface area contributed by atoms with Crippen molar-refractivity contribution in [1.29, 1.82) is 0 Å². The molecule has 1 fully saturated rings. The third-order valence-corrected chi connectivity index (χ3v) is 5.65. The lowest BCUT2D eigenvalue weighted by atomic mass is 10.0. The highest BCUT2D eigenvalue weighted by Gasteiger charge is 2.28. The van der Waals surface area contributed by atoms with Gasteiger partial charge in [0.1, 0.15) is 17.1 Å². The van der Waals surface area contributed by atoms with Crippen LogP contribution in [0.25, 0.3) is 0 Å². The molecule has 1 aliphatic heterocycles. The molecule has 0 saturated carbocycles. The van der Waals surface area contributed by atoms with Crippen LogP contribution in [0.15, 0.2) is 36.5 Å². The van der Waals surface area contributed by atoms with Crippen LogP contribution in [0.1, 0.15) is 66.1 Å². The highest BCUT2D eigenvalue weighted by Crippen LogP contribution is 2.25.